The number of esters is 1. The maximum atomic E-state index is 13.9. The molecule has 1 N–H and O–H groups in total. The van der Waals surface area contributed by atoms with Crippen molar-refractivity contribution in [2.24, 2.45) is 0 Å². The van der Waals surface area contributed by atoms with Crippen molar-refractivity contribution in [3.63, 3.8) is 0 Å². The van der Waals surface area contributed by atoms with Crippen LogP contribution in [0, 0.1) is 5.82 Å². The van der Waals surface area contributed by atoms with Gasteiger partial charge >= 0.3 is 5.97 Å². The van der Waals surface area contributed by atoms with E-state index in [4.69, 9.17) is 9.47 Å². The summed E-state index contributed by atoms with van der Waals surface area (Å²) in [5.74, 6) is -0.605. The predicted molar refractivity (Wildman–Crippen MR) is 133 cm³/mol. The molecule has 0 radical (unpaired) electrons. The number of carbonyl (C=O) groups excluding carboxylic acids is 2. The van der Waals surface area contributed by atoms with E-state index in [1.807, 2.05) is 19.1 Å². The molecule has 4 rings (SSSR count). The topological polar surface area (TPSA) is 64.6 Å². The molecule has 0 unspecified atom stereocenters. The Morgan fingerprint density at radius 3 is 2.44 bits per heavy atom. The monoisotopic (exact) mass is 479 g/mol. The second-order valence-corrected chi connectivity index (χ2v) is 9.91. The fourth-order valence-electron chi connectivity index (χ4n) is 4.33. The van der Waals surface area contributed by atoms with E-state index >= 15 is 0 Å². The Hall–Kier alpha value is -3.45. The van der Waals surface area contributed by atoms with Gasteiger partial charge in [0, 0.05) is 28.4 Å². The van der Waals surface area contributed by atoms with Crippen LogP contribution in [-0.2, 0) is 11.3 Å². The van der Waals surface area contributed by atoms with Gasteiger partial charge in [0.1, 0.15) is 23.1 Å². The minimum Gasteiger partial charge on any atom is -0.496 e. The molecule has 2 aromatic carbocycles. The molecule has 0 fully saturated rings. The van der Waals surface area contributed by atoms with E-state index in [1.165, 1.54) is 26.2 Å². The summed E-state index contributed by atoms with van der Waals surface area (Å²) in [7, 11) is 1.50. The highest BCUT2D eigenvalue weighted by Crippen LogP contribution is 2.42. The number of Topliss-reactive ketones (excluding diaryl/α,β-unsaturated/α-hetero) is 1. The molecular formula is C27H26FNO4S. The highest BCUT2D eigenvalue weighted by molar-refractivity contribution is 7.15. The zero-order valence-corrected chi connectivity index (χ0v) is 20.6. The number of hydrogen-bond acceptors (Lipinski definition) is 6. The Morgan fingerprint density at radius 1 is 1.06 bits per heavy atom. The molecular weight excluding hydrogens is 453 g/mol. The molecule has 1 aromatic heterocycles. The summed E-state index contributed by atoms with van der Waals surface area (Å²) in [6.07, 6.45) is 2.13. The summed E-state index contributed by atoms with van der Waals surface area (Å²) >= 11 is 1.11. The van der Waals surface area contributed by atoms with Crippen LogP contribution in [0.5, 0.6) is 5.75 Å². The van der Waals surface area contributed by atoms with E-state index in [0.717, 1.165) is 39.3 Å². The minimum absolute atomic E-state index is 0.00152. The normalized spacial score (nSPS) is 14.0. The molecule has 0 atom stereocenters. The van der Waals surface area contributed by atoms with Crippen LogP contribution in [0.4, 0.5) is 10.1 Å². The standard InChI is InChI=1S/C27H26FNO4S/c1-15-13-27(3,4)29-21-9-8-18(19-7-6-17(28)12-22(19)32-5)20(25(15)21)14-33-26(31)24-11-10-23(34-24)16(2)30/h6-13,29H,14H2,1-5H3. The van der Waals surface area contributed by atoms with Gasteiger partial charge in [-0.1, -0.05) is 12.1 Å². The number of ketones is 1. The highest BCUT2D eigenvalue weighted by Gasteiger charge is 2.27. The number of carbonyl (C=O) groups is 2. The van der Waals surface area contributed by atoms with E-state index < -0.39 is 11.8 Å². The van der Waals surface area contributed by atoms with Gasteiger partial charge in [-0.05, 0) is 69.2 Å². The SMILES string of the molecule is COc1cc(F)ccc1-c1ccc2c(c1COC(=O)c1ccc(C(C)=O)s1)C(C)=CC(C)(C)N2. The van der Waals surface area contributed by atoms with Gasteiger partial charge in [-0.15, -0.1) is 11.3 Å². The van der Waals surface area contributed by atoms with E-state index in [1.54, 1.807) is 18.2 Å². The zero-order valence-electron chi connectivity index (χ0n) is 19.7. The number of allylic oxidation sites excluding steroid dienone is 1. The third-order valence-corrected chi connectivity index (χ3v) is 6.86. The fourth-order valence-corrected chi connectivity index (χ4v) is 5.13. The van der Waals surface area contributed by atoms with Gasteiger partial charge in [-0.25, -0.2) is 9.18 Å². The predicted octanol–water partition coefficient (Wildman–Crippen LogP) is 6.73. The average Bonchev–Trinajstić information content (AvgIpc) is 3.27. The Balaban J connectivity index is 1.79. The lowest BCUT2D eigenvalue weighted by atomic mass is 9.85. The van der Waals surface area contributed by atoms with Crippen LogP contribution < -0.4 is 10.1 Å². The Bertz CT molecular complexity index is 1320. The quantitative estimate of drug-likeness (QED) is 0.314. The summed E-state index contributed by atoms with van der Waals surface area (Å²) in [5.41, 5.74) is 4.94. The van der Waals surface area contributed by atoms with Crippen LogP contribution in [0.15, 0.2) is 48.5 Å². The zero-order chi connectivity index (χ0) is 24.6. The van der Waals surface area contributed by atoms with Crippen molar-refractivity contribution in [3.05, 3.63) is 75.2 Å². The number of rotatable bonds is 6. The maximum absolute atomic E-state index is 13.9. The first-order valence-corrected chi connectivity index (χ1v) is 11.7. The second-order valence-electron chi connectivity index (χ2n) is 8.83. The van der Waals surface area contributed by atoms with E-state index in [0.29, 0.717) is 21.1 Å². The molecule has 34 heavy (non-hydrogen) atoms. The molecule has 176 valence electrons. The molecule has 0 spiro atoms. The highest BCUT2D eigenvalue weighted by atomic mass is 32.1. The smallest absolute Gasteiger partial charge is 0.348 e. The number of nitrogens with one attached hydrogen (secondary N) is 1. The lowest BCUT2D eigenvalue weighted by Crippen LogP contribution is -2.32. The van der Waals surface area contributed by atoms with E-state index in [-0.39, 0.29) is 17.9 Å². The van der Waals surface area contributed by atoms with Crippen molar-refractivity contribution in [2.45, 2.75) is 39.8 Å². The molecule has 2 heterocycles. The van der Waals surface area contributed by atoms with Crippen LogP contribution in [0.1, 0.15) is 58.2 Å². The van der Waals surface area contributed by atoms with Crippen molar-refractivity contribution in [1.29, 1.82) is 0 Å². The number of methoxy groups -OCH3 is 1. The summed E-state index contributed by atoms with van der Waals surface area (Å²) < 4.78 is 25.1. The Morgan fingerprint density at radius 2 is 1.76 bits per heavy atom. The minimum atomic E-state index is -0.502. The average molecular weight is 480 g/mol. The van der Waals surface area contributed by atoms with Gasteiger partial charge in [0.25, 0.3) is 0 Å². The number of ether oxygens (including phenoxy) is 2. The summed E-state index contributed by atoms with van der Waals surface area (Å²) in [6.45, 7) is 7.65. The first-order valence-electron chi connectivity index (χ1n) is 10.9. The third-order valence-electron chi connectivity index (χ3n) is 5.70. The summed E-state index contributed by atoms with van der Waals surface area (Å²) in [4.78, 5) is 25.3. The van der Waals surface area contributed by atoms with Crippen LogP contribution in [0.2, 0.25) is 0 Å². The van der Waals surface area contributed by atoms with Crippen molar-refractivity contribution < 1.29 is 23.5 Å². The lowest BCUT2D eigenvalue weighted by Gasteiger charge is -2.33. The number of benzene rings is 2. The van der Waals surface area contributed by atoms with Crippen molar-refractivity contribution >= 4 is 34.3 Å². The molecule has 5 nitrogen and oxygen atoms in total. The number of halogens is 1. The third kappa shape index (κ3) is 4.61. The number of anilines is 1. The Labute approximate surface area is 202 Å². The first kappa shape index (κ1) is 23.7. The van der Waals surface area contributed by atoms with E-state index in [9.17, 15) is 14.0 Å². The second kappa shape index (κ2) is 9.06. The number of thiophene rings is 1. The van der Waals surface area contributed by atoms with Crippen molar-refractivity contribution in [2.75, 3.05) is 12.4 Å². The molecule has 1 aliphatic rings. The maximum Gasteiger partial charge on any atom is 0.348 e. The van der Waals surface area contributed by atoms with Crippen LogP contribution >= 0.6 is 11.3 Å². The molecule has 3 aromatic rings. The van der Waals surface area contributed by atoms with Gasteiger partial charge in [-0.2, -0.15) is 0 Å². The van der Waals surface area contributed by atoms with E-state index in [2.05, 4.69) is 25.2 Å². The summed E-state index contributed by atoms with van der Waals surface area (Å²) in [5, 5.41) is 3.52. The molecule has 0 saturated heterocycles. The first-order chi connectivity index (χ1) is 16.1. The summed E-state index contributed by atoms with van der Waals surface area (Å²) in [6, 6.07) is 11.5. The lowest BCUT2D eigenvalue weighted by molar-refractivity contribution is 0.0479. The van der Waals surface area contributed by atoms with Gasteiger partial charge in [-0.3, -0.25) is 4.79 Å². The van der Waals surface area contributed by atoms with Crippen molar-refractivity contribution in [3.8, 4) is 16.9 Å². The molecule has 0 amide bonds. The molecule has 7 heteroatoms. The number of hydrogen-bond donors (Lipinski definition) is 1. The molecule has 1 aliphatic heterocycles. The largest absolute Gasteiger partial charge is 0.496 e. The van der Waals surface area contributed by atoms with Crippen LogP contribution in [0.25, 0.3) is 16.7 Å². The van der Waals surface area contributed by atoms with Crippen LogP contribution in [0.3, 0.4) is 0 Å². The van der Waals surface area contributed by atoms with Crippen LogP contribution in [-0.4, -0.2) is 24.4 Å². The fraction of sp³-hybridized carbons (Fsp3) is 0.259. The number of fused-ring (bicyclic) bond motifs is 1. The van der Waals surface area contributed by atoms with Crippen molar-refractivity contribution in [1.82, 2.24) is 0 Å². The molecule has 0 aliphatic carbocycles. The van der Waals surface area contributed by atoms with Gasteiger partial charge < -0.3 is 14.8 Å². The van der Waals surface area contributed by atoms with Gasteiger partial charge in [0.15, 0.2) is 5.78 Å². The molecule has 0 saturated carbocycles. The van der Waals surface area contributed by atoms with Gasteiger partial charge in [0.05, 0.1) is 17.5 Å². The Kier molecular flexibility index (Phi) is 6.32. The van der Waals surface area contributed by atoms with Gasteiger partial charge in [0.2, 0.25) is 0 Å². The molecule has 0 bridgehead atoms.